The highest BCUT2D eigenvalue weighted by Crippen LogP contribution is 2.30. The molecule has 0 aliphatic heterocycles. The van der Waals surface area contributed by atoms with E-state index in [1.165, 1.54) is 30.3 Å². The van der Waals surface area contributed by atoms with E-state index in [1.54, 1.807) is 0 Å². The summed E-state index contributed by atoms with van der Waals surface area (Å²) in [6, 6.07) is 8.83. The van der Waals surface area contributed by atoms with Crippen LogP contribution in [0.3, 0.4) is 0 Å². The van der Waals surface area contributed by atoms with Gasteiger partial charge in [-0.05, 0) is 36.4 Å². The Balaban J connectivity index is 2.56. The molecule has 0 aromatic heterocycles. The zero-order valence-electron chi connectivity index (χ0n) is 10.6. The lowest BCUT2D eigenvalue weighted by atomic mass is 10.2. The smallest absolute Gasteiger partial charge is 0.250 e. The number of amides is 1. The van der Waals surface area contributed by atoms with E-state index in [0.717, 1.165) is 12.1 Å². The van der Waals surface area contributed by atoms with Crippen LogP contribution >= 0.6 is 0 Å². The molecule has 0 saturated heterocycles. The first kappa shape index (κ1) is 14.9. The predicted molar refractivity (Wildman–Crippen MR) is 72.8 cm³/mol. The van der Waals surface area contributed by atoms with Crippen LogP contribution in [0.4, 0.5) is 4.39 Å². The van der Waals surface area contributed by atoms with Gasteiger partial charge in [0.1, 0.15) is 22.2 Å². The first-order valence-electron chi connectivity index (χ1n) is 5.68. The maximum absolute atomic E-state index is 12.8. The summed E-state index contributed by atoms with van der Waals surface area (Å²) in [5.41, 5.74) is 4.85. The van der Waals surface area contributed by atoms with Crippen molar-refractivity contribution in [2.45, 2.75) is 4.90 Å². The monoisotopic (exact) mass is 310 g/mol. The van der Waals surface area contributed by atoms with Crippen molar-refractivity contribution in [3.63, 3.8) is 0 Å². The zero-order valence-corrected chi connectivity index (χ0v) is 11.4. The lowest BCUT2D eigenvalue weighted by Gasteiger charge is -2.12. The molecule has 2 rings (SSSR count). The summed E-state index contributed by atoms with van der Waals surface area (Å²) < 4.78 is 41.5. The molecule has 4 N–H and O–H groups in total. The molecule has 0 aliphatic rings. The lowest BCUT2D eigenvalue weighted by molar-refractivity contribution is 0.0996. The number of nitrogens with two attached hydrogens (primary N) is 2. The molecule has 0 aliphatic carbocycles. The molecule has 2 aromatic carbocycles. The number of carbonyl (C=O) groups is 1. The van der Waals surface area contributed by atoms with Gasteiger partial charge in [0.15, 0.2) is 0 Å². The number of ether oxygens (including phenoxy) is 1. The minimum Gasteiger partial charge on any atom is -0.456 e. The van der Waals surface area contributed by atoms with E-state index in [1.807, 2.05) is 0 Å². The Hall–Kier alpha value is -2.45. The van der Waals surface area contributed by atoms with E-state index >= 15 is 0 Å². The molecule has 0 bridgehead atoms. The molecule has 2 aromatic rings. The first-order chi connectivity index (χ1) is 9.79. The van der Waals surface area contributed by atoms with Crippen LogP contribution in [0.1, 0.15) is 10.4 Å². The largest absolute Gasteiger partial charge is 0.456 e. The van der Waals surface area contributed by atoms with Gasteiger partial charge in [-0.1, -0.05) is 6.07 Å². The van der Waals surface area contributed by atoms with Gasteiger partial charge in [-0.25, -0.2) is 17.9 Å². The summed E-state index contributed by atoms with van der Waals surface area (Å²) >= 11 is 0. The molecular weight excluding hydrogens is 299 g/mol. The summed E-state index contributed by atoms with van der Waals surface area (Å²) in [4.78, 5) is 10.8. The third-order valence-electron chi connectivity index (χ3n) is 2.57. The quantitative estimate of drug-likeness (QED) is 0.887. The number of carbonyl (C=O) groups excluding carboxylic acids is 1. The second kappa shape index (κ2) is 5.51. The van der Waals surface area contributed by atoms with Crippen LogP contribution in [0.2, 0.25) is 0 Å². The van der Waals surface area contributed by atoms with Gasteiger partial charge in [0.05, 0.1) is 5.56 Å². The summed E-state index contributed by atoms with van der Waals surface area (Å²) in [6.07, 6.45) is 0. The number of rotatable bonds is 4. The highest BCUT2D eigenvalue weighted by molar-refractivity contribution is 7.89. The van der Waals surface area contributed by atoms with Gasteiger partial charge in [-0.15, -0.1) is 0 Å². The number of primary sulfonamides is 1. The summed E-state index contributed by atoms with van der Waals surface area (Å²) in [5.74, 6) is -1.41. The van der Waals surface area contributed by atoms with Crippen LogP contribution in [0.25, 0.3) is 0 Å². The van der Waals surface area contributed by atoms with E-state index in [4.69, 9.17) is 15.6 Å². The van der Waals surface area contributed by atoms with Crippen molar-refractivity contribution in [1.82, 2.24) is 0 Å². The minimum atomic E-state index is -4.24. The Morgan fingerprint density at radius 2 is 1.71 bits per heavy atom. The molecule has 6 nitrogen and oxygen atoms in total. The van der Waals surface area contributed by atoms with Crippen LogP contribution in [0.5, 0.6) is 11.5 Å². The van der Waals surface area contributed by atoms with E-state index in [2.05, 4.69) is 0 Å². The van der Waals surface area contributed by atoms with Crippen LogP contribution in [-0.4, -0.2) is 14.3 Å². The predicted octanol–water partition coefficient (Wildman–Crippen LogP) is 1.36. The van der Waals surface area contributed by atoms with Crippen LogP contribution < -0.4 is 15.6 Å². The van der Waals surface area contributed by atoms with Crippen molar-refractivity contribution in [3.8, 4) is 11.5 Å². The molecule has 0 fully saturated rings. The van der Waals surface area contributed by atoms with Crippen molar-refractivity contribution in [1.29, 1.82) is 0 Å². The van der Waals surface area contributed by atoms with E-state index in [0.29, 0.717) is 0 Å². The molecule has 0 spiro atoms. The molecule has 0 heterocycles. The Kier molecular flexibility index (Phi) is 3.92. The van der Waals surface area contributed by atoms with Crippen LogP contribution in [0.15, 0.2) is 47.4 Å². The van der Waals surface area contributed by atoms with Gasteiger partial charge in [0.25, 0.3) is 0 Å². The van der Waals surface area contributed by atoms with Crippen molar-refractivity contribution < 1.29 is 22.3 Å². The van der Waals surface area contributed by atoms with Crippen molar-refractivity contribution >= 4 is 15.9 Å². The highest BCUT2D eigenvalue weighted by Gasteiger charge is 2.23. The second-order valence-corrected chi connectivity index (χ2v) is 5.60. The van der Waals surface area contributed by atoms with E-state index in [9.17, 15) is 17.6 Å². The van der Waals surface area contributed by atoms with Gasteiger partial charge in [-0.3, -0.25) is 4.79 Å². The number of halogens is 1. The molecule has 8 heteroatoms. The van der Waals surface area contributed by atoms with E-state index < -0.39 is 26.6 Å². The number of sulfonamides is 1. The molecule has 0 saturated carbocycles. The number of benzene rings is 2. The molecule has 1 amide bonds. The van der Waals surface area contributed by atoms with Crippen molar-refractivity contribution in [2.24, 2.45) is 10.9 Å². The fraction of sp³-hybridized carbons (Fsp3) is 0. The first-order valence-corrected chi connectivity index (χ1v) is 7.22. The lowest BCUT2D eigenvalue weighted by Crippen LogP contribution is -2.21. The molecular formula is C13H11FN2O4S. The Bertz CT molecular complexity index is 788. The SMILES string of the molecule is NC(=O)c1cccc(Oc2ccc(F)cc2)c1S(N)(=O)=O. The normalized spacial score (nSPS) is 11.1. The van der Waals surface area contributed by atoms with E-state index in [-0.39, 0.29) is 17.1 Å². The Morgan fingerprint density at radius 1 is 1.10 bits per heavy atom. The number of hydrogen-bond donors (Lipinski definition) is 2. The highest BCUT2D eigenvalue weighted by atomic mass is 32.2. The molecule has 0 atom stereocenters. The minimum absolute atomic E-state index is 0.166. The average Bonchev–Trinajstić information content (AvgIpc) is 2.40. The van der Waals surface area contributed by atoms with Gasteiger partial charge in [0, 0.05) is 0 Å². The maximum atomic E-state index is 12.8. The Labute approximate surface area is 120 Å². The molecule has 0 radical (unpaired) electrons. The summed E-state index contributed by atoms with van der Waals surface area (Å²) in [6.45, 7) is 0. The van der Waals surface area contributed by atoms with Gasteiger partial charge >= 0.3 is 0 Å². The number of primary amides is 1. The van der Waals surface area contributed by atoms with Crippen molar-refractivity contribution in [2.75, 3.05) is 0 Å². The standard InChI is InChI=1S/C13H11FN2O4S/c14-8-4-6-9(7-5-8)20-11-3-1-2-10(13(15)17)12(11)21(16,18)19/h1-7H,(H2,15,17)(H2,16,18,19). The van der Waals surface area contributed by atoms with Crippen molar-refractivity contribution in [3.05, 3.63) is 53.8 Å². The maximum Gasteiger partial charge on any atom is 0.250 e. The zero-order chi connectivity index (χ0) is 15.6. The molecule has 21 heavy (non-hydrogen) atoms. The third-order valence-corrected chi connectivity index (χ3v) is 3.56. The fourth-order valence-electron chi connectivity index (χ4n) is 1.71. The number of hydrogen-bond acceptors (Lipinski definition) is 4. The Morgan fingerprint density at radius 3 is 2.24 bits per heavy atom. The molecule has 110 valence electrons. The summed E-state index contributed by atoms with van der Waals surface area (Å²) in [7, 11) is -4.24. The average molecular weight is 310 g/mol. The fourth-order valence-corrected chi connectivity index (χ4v) is 2.58. The molecule has 0 unspecified atom stereocenters. The van der Waals surface area contributed by atoms with Gasteiger partial charge in [-0.2, -0.15) is 0 Å². The summed E-state index contributed by atoms with van der Waals surface area (Å²) in [5, 5.41) is 5.10. The second-order valence-electron chi connectivity index (χ2n) is 4.10. The van der Waals surface area contributed by atoms with Crippen LogP contribution in [-0.2, 0) is 10.0 Å². The van der Waals surface area contributed by atoms with Crippen LogP contribution in [0, 0.1) is 5.82 Å². The third kappa shape index (κ3) is 3.36. The van der Waals surface area contributed by atoms with Gasteiger partial charge in [0.2, 0.25) is 15.9 Å². The van der Waals surface area contributed by atoms with Gasteiger partial charge < -0.3 is 10.5 Å². The topological polar surface area (TPSA) is 112 Å².